The number of amides is 1. The second-order valence-corrected chi connectivity index (χ2v) is 10.4. The monoisotopic (exact) mass is 458 g/mol. The minimum atomic E-state index is -3.51. The van der Waals surface area contributed by atoms with Crippen LogP contribution in [0.4, 0.5) is 5.95 Å². The van der Waals surface area contributed by atoms with E-state index in [1.54, 1.807) is 19.1 Å². The molecule has 0 unspecified atom stereocenters. The Balaban J connectivity index is 1.86. The summed E-state index contributed by atoms with van der Waals surface area (Å²) >= 11 is 0. The van der Waals surface area contributed by atoms with Crippen molar-refractivity contribution in [3.05, 3.63) is 41.0 Å². The van der Waals surface area contributed by atoms with Crippen molar-refractivity contribution >= 4 is 32.7 Å². The van der Waals surface area contributed by atoms with Gasteiger partial charge in [-0.2, -0.15) is 0 Å². The number of aliphatic hydroxyl groups excluding tert-OH is 1. The van der Waals surface area contributed by atoms with Crippen molar-refractivity contribution in [3.63, 3.8) is 0 Å². The Kier molecular flexibility index (Phi) is 5.41. The average Bonchev–Trinajstić information content (AvgIpc) is 3.08. The number of rotatable bonds is 5. The maximum atomic E-state index is 12.3. The number of carbonyl (C=O) groups is 1. The SMILES string of the molecule is Cc1nc(N2CCn3c(nc4cc(CO)c(S(C)(=O)=O)cc43)[C@H]2C(C)C)ncc1C(N)=O. The van der Waals surface area contributed by atoms with Gasteiger partial charge in [-0.05, 0) is 30.5 Å². The van der Waals surface area contributed by atoms with Crippen LogP contribution in [0, 0.1) is 12.8 Å². The number of anilines is 1. The summed E-state index contributed by atoms with van der Waals surface area (Å²) in [5.74, 6) is 0.821. The third-order valence-electron chi connectivity index (χ3n) is 5.82. The molecular weight excluding hydrogens is 432 g/mol. The molecule has 3 heterocycles. The smallest absolute Gasteiger partial charge is 0.252 e. The third kappa shape index (κ3) is 3.61. The second-order valence-electron chi connectivity index (χ2n) is 8.42. The number of hydrogen-bond donors (Lipinski definition) is 2. The van der Waals surface area contributed by atoms with Crippen LogP contribution in [0.5, 0.6) is 0 Å². The van der Waals surface area contributed by atoms with E-state index >= 15 is 0 Å². The van der Waals surface area contributed by atoms with Crippen LogP contribution in [-0.2, 0) is 23.0 Å². The molecule has 0 spiro atoms. The molecule has 1 aromatic carbocycles. The predicted octanol–water partition coefficient (Wildman–Crippen LogP) is 1.35. The number of aliphatic hydroxyl groups is 1. The number of sulfone groups is 1. The van der Waals surface area contributed by atoms with Gasteiger partial charge in [0.1, 0.15) is 5.82 Å². The second kappa shape index (κ2) is 7.82. The largest absolute Gasteiger partial charge is 0.392 e. The average molecular weight is 459 g/mol. The molecule has 32 heavy (non-hydrogen) atoms. The summed E-state index contributed by atoms with van der Waals surface area (Å²) in [6, 6.07) is 3.07. The van der Waals surface area contributed by atoms with Crippen molar-refractivity contribution in [2.24, 2.45) is 11.7 Å². The first-order valence-corrected chi connectivity index (χ1v) is 12.2. The molecular formula is C21H26N6O4S. The van der Waals surface area contributed by atoms with Crippen LogP contribution in [-0.4, -0.2) is 51.8 Å². The zero-order valence-electron chi connectivity index (χ0n) is 18.4. The summed E-state index contributed by atoms with van der Waals surface area (Å²) in [5.41, 5.74) is 7.85. The van der Waals surface area contributed by atoms with E-state index in [2.05, 4.69) is 23.8 Å². The van der Waals surface area contributed by atoms with E-state index in [0.29, 0.717) is 41.3 Å². The summed E-state index contributed by atoms with van der Waals surface area (Å²) in [6.45, 7) is 6.59. The number of imidazole rings is 1. The van der Waals surface area contributed by atoms with Gasteiger partial charge in [0.2, 0.25) is 5.95 Å². The molecule has 1 atom stereocenters. The number of carbonyl (C=O) groups excluding carboxylic acids is 1. The number of primary amides is 1. The van der Waals surface area contributed by atoms with Crippen molar-refractivity contribution in [2.75, 3.05) is 17.7 Å². The van der Waals surface area contributed by atoms with Gasteiger partial charge < -0.3 is 20.3 Å². The predicted molar refractivity (Wildman–Crippen MR) is 119 cm³/mol. The molecule has 1 aliphatic heterocycles. The summed E-state index contributed by atoms with van der Waals surface area (Å²) in [7, 11) is -3.51. The molecule has 2 aromatic heterocycles. The van der Waals surface area contributed by atoms with E-state index < -0.39 is 15.7 Å². The Hall–Kier alpha value is -3.05. The highest BCUT2D eigenvalue weighted by atomic mass is 32.2. The highest BCUT2D eigenvalue weighted by Gasteiger charge is 2.35. The van der Waals surface area contributed by atoms with Crippen molar-refractivity contribution in [1.29, 1.82) is 0 Å². The lowest BCUT2D eigenvalue weighted by atomic mass is 10.00. The lowest BCUT2D eigenvalue weighted by Gasteiger charge is -2.38. The third-order valence-corrected chi connectivity index (χ3v) is 6.99. The molecule has 3 N–H and O–H groups in total. The maximum Gasteiger partial charge on any atom is 0.252 e. The number of benzene rings is 1. The minimum Gasteiger partial charge on any atom is -0.392 e. The fourth-order valence-corrected chi connectivity index (χ4v) is 5.27. The van der Waals surface area contributed by atoms with Gasteiger partial charge in [0.15, 0.2) is 9.84 Å². The van der Waals surface area contributed by atoms with E-state index in [1.807, 2.05) is 9.47 Å². The van der Waals surface area contributed by atoms with E-state index in [9.17, 15) is 18.3 Å². The van der Waals surface area contributed by atoms with Crippen LogP contribution in [0.2, 0.25) is 0 Å². The molecule has 170 valence electrons. The molecule has 0 saturated carbocycles. The maximum absolute atomic E-state index is 12.3. The molecule has 0 fully saturated rings. The minimum absolute atomic E-state index is 0.111. The Morgan fingerprint density at radius 3 is 2.56 bits per heavy atom. The van der Waals surface area contributed by atoms with Crippen LogP contribution in [0.15, 0.2) is 23.2 Å². The summed E-state index contributed by atoms with van der Waals surface area (Å²) in [5, 5.41) is 9.71. The number of nitrogens with zero attached hydrogens (tertiary/aromatic N) is 5. The number of nitrogens with two attached hydrogens (primary N) is 1. The van der Waals surface area contributed by atoms with Crippen LogP contribution in [0.25, 0.3) is 11.0 Å². The van der Waals surface area contributed by atoms with Crippen LogP contribution in [0.1, 0.15) is 47.3 Å². The molecule has 3 aromatic rings. The normalized spacial score (nSPS) is 16.6. The highest BCUT2D eigenvalue weighted by molar-refractivity contribution is 7.90. The molecule has 0 bridgehead atoms. The van der Waals surface area contributed by atoms with Gasteiger partial charge in [-0.3, -0.25) is 4.79 Å². The number of hydrogen-bond acceptors (Lipinski definition) is 8. The van der Waals surface area contributed by atoms with Gasteiger partial charge in [0, 0.05) is 25.5 Å². The first kappa shape index (κ1) is 22.2. The number of fused-ring (bicyclic) bond motifs is 3. The number of aromatic nitrogens is 4. The van der Waals surface area contributed by atoms with Gasteiger partial charge in [-0.25, -0.2) is 23.4 Å². The molecule has 1 aliphatic rings. The lowest BCUT2D eigenvalue weighted by molar-refractivity contribution is 0.0999. The first-order chi connectivity index (χ1) is 15.0. The Morgan fingerprint density at radius 1 is 1.28 bits per heavy atom. The van der Waals surface area contributed by atoms with E-state index in [1.165, 1.54) is 6.20 Å². The Morgan fingerprint density at radius 2 is 2.00 bits per heavy atom. The van der Waals surface area contributed by atoms with E-state index in [-0.39, 0.29) is 29.0 Å². The Bertz CT molecular complexity index is 1330. The van der Waals surface area contributed by atoms with Crippen molar-refractivity contribution < 1.29 is 18.3 Å². The van der Waals surface area contributed by atoms with Crippen LogP contribution in [0.3, 0.4) is 0 Å². The molecule has 0 radical (unpaired) electrons. The van der Waals surface area contributed by atoms with Gasteiger partial charge in [0.05, 0.1) is 39.8 Å². The topological polar surface area (TPSA) is 144 Å². The van der Waals surface area contributed by atoms with Crippen molar-refractivity contribution in [3.8, 4) is 0 Å². The fourth-order valence-electron chi connectivity index (χ4n) is 4.35. The van der Waals surface area contributed by atoms with Crippen molar-refractivity contribution in [1.82, 2.24) is 19.5 Å². The molecule has 10 nitrogen and oxygen atoms in total. The highest BCUT2D eigenvalue weighted by Crippen LogP contribution is 2.37. The molecule has 4 rings (SSSR count). The molecule has 1 amide bonds. The molecule has 11 heteroatoms. The zero-order chi connectivity index (χ0) is 23.4. The lowest BCUT2D eigenvalue weighted by Crippen LogP contribution is -2.42. The summed E-state index contributed by atoms with van der Waals surface area (Å²) < 4.78 is 26.6. The number of aryl methyl sites for hydroxylation is 1. The van der Waals surface area contributed by atoms with Gasteiger partial charge >= 0.3 is 0 Å². The van der Waals surface area contributed by atoms with E-state index in [4.69, 9.17) is 10.7 Å². The summed E-state index contributed by atoms with van der Waals surface area (Å²) in [4.78, 5) is 27.4. The van der Waals surface area contributed by atoms with Gasteiger partial charge in [-0.15, -0.1) is 0 Å². The first-order valence-electron chi connectivity index (χ1n) is 10.3. The quantitative estimate of drug-likeness (QED) is 0.583. The fraction of sp³-hybridized carbons (Fsp3) is 0.429. The summed E-state index contributed by atoms with van der Waals surface area (Å²) in [6.07, 6.45) is 2.58. The Labute approximate surface area is 186 Å². The molecule has 0 aliphatic carbocycles. The van der Waals surface area contributed by atoms with Crippen molar-refractivity contribution in [2.45, 2.75) is 44.9 Å². The van der Waals surface area contributed by atoms with Crippen LogP contribution < -0.4 is 10.6 Å². The van der Waals surface area contributed by atoms with E-state index in [0.717, 1.165) is 12.1 Å². The molecule has 0 saturated heterocycles. The van der Waals surface area contributed by atoms with Gasteiger partial charge in [-0.1, -0.05) is 13.8 Å². The standard InChI is InChI=1S/C21H26N6O4S/c1-11(2)18-20-25-15-7-13(10-28)17(32(4,30)31)8-16(15)26(20)5-6-27(18)21-23-9-14(19(22)29)12(3)24-21/h7-9,11,18,28H,5-6,10H2,1-4H3,(H2,22,29)/t18-/m1/s1. The van der Waals surface area contributed by atoms with Crippen LogP contribution >= 0.6 is 0 Å². The zero-order valence-corrected chi connectivity index (χ0v) is 19.2. The van der Waals surface area contributed by atoms with Gasteiger partial charge in [0.25, 0.3) is 5.91 Å².